The van der Waals surface area contributed by atoms with Crippen LogP contribution in [-0.2, 0) is 19.1 Å². The van der Waals surface area contributed by atoms with Crippen LogP contribution in [0.25, 0.3) is 0 Å². The van der Waals surface area contributed by atoms with Crippen molar-refractivity contribution < 1.29 is 19.1 Å². The van der Waals surface area contributed by atoms with Crippen LogP contribution in [0.2, 0.25) is 0 Å². The molecule has 1 aliphatic rings. The van der Waals surface area contributed by atoms with E-state index in [0.717, 1.165) is 19.3 Å². The van der Waals surface area contributed by atoms with Gasteiger partial charge >= 0.3 is 11.9 Å². The highest BCUT2D eigenvalue weighted by atomic mass is 16.6. The highest BCUT2D eigenvalue weighted by Crippen LogP contribution is 2.53. The molecule has 2 unspecified atom stereocenters. The molecule has 0 heterocycles. The Morgan fingerprint density at radius 2 is 1.58 bits per heavy atom. The molecule has 4 heteroatoms. The maximum absolute atomic E-state index is 12.2. The van der Waals surface area contributed by atoms with Crippen LogP contribution in [-0.4, -0.2) is 24.1 Å². The number of esters is 2. The highest BCUT2D eigenvalue weighted by Gasteiger charge is 2.46. The van der Waals surface area contributed by atoms with Crippen LogP contribution >= 0.6 is 0 Å². The minimum atomic E-state index is -0.555. The lowest BCUT2D eigenvalue weighted by Crippen LogP contribution is -2.46. The Hall–Kier alpha value is -1.06. The summed E-state index contributed by atoms with van der Waals surface area (Å²) in [5.74, 6) is -0.500. The summed E-state index contributed by atoms with van der Waals surface area (Å²) < 4.78 is 10.8. The molecule has 0 saturated heterocycles. The van der Waals surface area contributed by atoms with Gasteiger partial charge in [0.25, 0.3) is 0 Å². The van der Waals surface area contributed by atoms with Crippen molar-refractivity contribution in [2.75, 3.05) is 6.61 Å². The number of hydrogen-bond acceptors (Lipinski definition) is 4. The Balaban J connectivity index is 2.62. The smallest absolute Gasteiger partial charge is 0.344 e. The molecule has 0 amide bonds. The summed E-state index contributed by atoms with van der Waals surface area (Å²) >= 11 is 0. The average Bonchev–Trinajstić information content (AvgIpc) is 2.42. The molecular weight excluding hydrogens is 328 g/mol. The average molecular weight is 369 g/mol. The van der Waals surface area contributed by atoms with Crippen molar-refractivity contribution in [3.05, 3.63) is 0 Å². The van der Waals surface area contributed by atoms with Gasteiger partial charge in [0.15, 0.2) is 6.61 Å². The van der Waals surface area contributed by atoms with Gasteiger partial charge in [0.2, 0.25) is 0 Å². The topological polar surface area (TPSA) is 52.6 Å². The van der Waals surface area contributed by atoms with Crippen LogP contribution < -0.4 is 0 Å². The number of rotatable bonds is 5. The van der Waals surface area contributed by atoms with Crippen LogP contribution in [0.4, 0.5) is 0 Å². The van der Waals surface area contributed by atoms with Gasteiger partial charge in [0.1, 0.15) is 5.60 Å². The largest absolute Gasteiger partial charge is 0.457 e. The van der Waals surface area contributed by atoms with E-state index in [9.17, 15) is 9.59 Å². The number of carbonyl (C=O) groups excluding carboxylic acids is 2. The van der Waals surface area contributed by atoms with Crippen molar-refractivity contribution in [2.45, 2.75) is 100 Å². The van der Waals surface area contributed by atoms with Crippen LogP contribution in [0.1, 0.15) is 94.4 Å². The second kappa shape index (κ2) is 7.90. The van der Waals surface area contributed by atoms with Gasteiger partial charge in [0.05, 0.1) is 6.42 Å². The maximum Gasteiger partial charge on any atom is 0.344 e. The number of hydrogen-bond donors (Lipinski definition) is 0. The zero-order valence-electron chi connectivity index (χ0n) is 18.5. The quantitative estimate of drug-likeness (QED) is 0.599. The normalized spacial score (nSPS) is 24.9. The third-order valence-corrected chi connectivity index (χ3v) is 6.17. The molecule has 1 saturated carbocycles. The Morgan fingerprint density at radius 3 is 2.08 bits per heavy atom. The van der Waals surface area contributed by atoms with Gasteiger partial charge in [-0.1, -0.05) is 54.9 Å². The molecule has 1 aliphatic carbocycles. The van der Waals surface area contributed by atoms with Gasteiger partial charge in [-0.05, 0) is 55.3 Å². The SMILES string of the molecule is CC(C)(C)CC(=O)OCC(=O)OC(C)(C)C1CCCC(C)(C(C)(C)C)C1. The molecule has 1 fully saturated rings. The van der Waals surface area contributed by atoms with E-state index in [1.807, 2.05) is 34.6 Å². The summed E-state index contributed by atoms with van der Waals surface area (Å²) in [7, 11) is 0. The van der Waals surface area contributed by atoms with Crippen molar-refractivity contribution >= 4 is 11.9 Å². The zero-order valence-corrected chi connectivity index (χ0v) is 18.5. The van der Waals surface area contributed by atoms with E-state index in [4.69, 9.17) is 9.47 Å². The van der Waals surface area contributed by atoms with Crippen LogP contribution in [0, 0.1) is 22.2 Å². The standard InChI is InChI=1S/C22H40O4/c1-19(2,3)14-17(23)25-15-18(24)26-21(7,8)16-11-10-12-22(9,13-16)20(4,5)6/h16H,10-15H2,1-9H3. The molecule has 0 radical (unpaired) electrons. The summed E-state index contributed by atoms with van der Waals surface area (Å²) in [6.07, 6.45) is 4.76. The Kier molecular flexibility index (Phi) is 6.98. The first-order valence-corrected chi connectivity index (χ1v) is 9.93. The predicted octanol–water partition coefficient (Wildman–Crippen LogP) is 5.53. The fraction of sp³-hybridized carbons (Fsp3) is 0.909. The van der Waals surface area contributed by atoms with E-state index >= 15 is 0 Å². The first-order chi connectivity index (χ1) is 11.6. The zero-order chi connectivity index (χ0) is 20.4. The molecule has 0 aromatic carbocycles. The molecule has 2 atom stereocenters. The highest BCUT2D eigenvalue weighted by molar-refractivity contribution is 5.76. The predicted molar refractivity (Wildman–Crippen MR) is 105 cm³/mol. The lowest BCUT2D eigenvalue weighted by atomic mass is 9.56. The molecule has 0 aliphatic heterocycles. The van der Waals surface area contributed by atoms with Crippen molar-refractivity contribution in [3.63, 3.8) is 0 Å². The van der Waals surface area contributed by atoms with Crippen molar-refractivity contribution in [3.8, 4) is 0 Å². The van der Waals surface area contributed by atoms with Gasteiger partial charge in [-0.2, -0.15) is 0 Å². The first-order valence-electron chi connectivity index (χ1n) is 9.93. The fourth-order valence-corrected chi connectivity index (χ4v) is 3.79. The summed E-state index contributed by atoms with van der Waals surface area (Å²) in [6.45, 7) is 18.8. The molecule has 26 heavy (non-hydrogen) atoms. The summed E-state index contributed by atoms with van der Waals surface area (Å²) in [5, 5.41) is 0. The summed E-state index contributed by atoms with van der Waals surface area (Å²) in [5.41, 5.74) is -0.257. The Bertz CT molecular complexity index is 507. The van der Waals surface area contributed by atoms with Crippen LogP contribution in [0.15, 0.2) is 0 Å². The third-order valence-electron chi connectivity index (χ3n) is 6.17. The van der Waals surface area contributed by atoms with Crippen LogP contribution in [0.5, 0.6) is 0 Å². The molecule has 0 aromatic heterocycles. The lowest BCUT2D eigenvalue weighted by molar-refractivity contribution is -0.175. The molecule has 0 aromatic rings. The van der Waals surface area contributed by atoms with E-state index < -0.39 is 11.6 Å². The van der Waals surface area contributed by atoms with E-state index in [2.05, 4.69) is 27.7 Å². The van der Waals surface area contributed by atoms with Gasteiger partial charge in [-0.15, -0.1) is 0 Å². The van der Waals surface area contributed by atoms with E-state index in [1.165, 1.54) is 6.42 Å². The Morgan fingerprint density at radius 1 is 1.00 bits per heavy atom. The Labute approximate surface area is 160 Å². The molecule has 4 nitrogen and oxygen atoms in total. The van der Waals surface area contributed by atoms with Crippen molar-refractivity contribution in [1.82, 2.24) is 0 Å². The number of carbonyl (C=O) groups is 2. The molecular formula is C22H40O4. The molecule has 0 N–H and O–H groups in total. The fourth-order valence-electron chi connectivity index (χ4n) is 3.79. The van der Waals surface area contributed by atoms with Gasteiger partial charge in [-0.3, -0.25) is 4.79 Å². The molecule has 0 spiro atoms. The van der Waals surface area contributed by atoms with E-state index in [-0.39, 0.29) is 35.2 Å². The summed E-state index contributed by atoms with van der Waals surface area (Å²) in [4.78, 5) is 24.0. The minimum absolute atomic E-state index is 0.153. The number of ether oxygens (including phenoxy) is 2. The van der Waals surface area contributed by atoms with Crippen molar-refractivity contribution in [2.24, 2.45) is 22.2 Å². The third kappa shape index (κ3) is 6.59. The molecule has 0 bridgehead atoms. The maximum atomic E-state index is 12.2. The minimum Gasteiger partial charge on any atom is -0.457 e. The van der Waals surface area contributed by atoms with Crippen LogP contribution in [0.3, 0.4) is 0 Å². The molecule has 1 rings (SSSR count). The van der Waals surface area contributed by atoms with E-state index in [0.29, 0.717) is 5.92 Å². The first kappa shape index (κ1) is 23.0. The van der Waals surface area contributed by atoms with Gasteiger partial charge in [-0.25, -0.2) is 4.79 Å². The lowest BCUT2D eigenvalue weighted by Gasteiger charge is -2.50. The van der Waals surface area contributed by atoms with Gasteiger partial charge < -0.3 is 9.47 Å². The van der Waals surface area contributed by atoms with E-state index in [1.54, 1.807) is 0 Å². The second-order valence-electron chi connectivity index (χ2n) is 11.1. The summed E-state index contributed by atoms with van der Waals surface area (Å²) in [6, 6.07) is 0. The second-order valence-corrected chi connectivity index (χ2v) is 11.1. The van der Waals surface area contributed by atoms with Gasteiger partial charge in [0, 0.05) is 0 Å². The monoisotopic (exact) mass is 368 g/mol. The molecule has 152 valence electrons. The van der Waals surface area contributed by atoms with Crippen molar-refractivity contribution in [1.29, 1.82) is 0 Å².